The average Bonchev–Trinajstić information content (AvgIpc) is 3.12. The summed E-state index contributed by atoms with van der Waals surface area (Å²) in [6.45, 7) is 5.33. The van der Waals surface area contributed by atoms with Gasteiger partial charge in [0, 0.05) is 24.3 Å². The summed E-state index contributed by atoms with van der Waals surface area (Å²) in [5.74, 6) is -0.0927. The summed E-state index contributed by atoms with van der Waals surface area (Å²) in [5, 5.41) is 4.00. The number of hydrogen-bond acceptors (Lipinski definition) is 5. The minimum atomic E-state index is -0.0927. The largest absolute Gasteiger partial charge is 0.378 e. The SMILES string of the molecule is CCc1ccc(C(=O)Nc2ccc3nc(N4CCOCC4)sc3c2)cc1. The fourth-order valence-corrected chi connectivity index (χ4v) is 4.03. The maximum atomic E-state index is 12.5. The van der Waals surface area contributed by atoms with Gasteiger partial charge in [-0.3, -0.25) is 4.79 Å². The number of aromatic nitrogens is 1. The van der Waals surface area contributed by atoms with Gasteiger partial charge in [0.15, 0.2) is 5.13 Å². The third-order valence-corrected chi connectivity index (χ3v) is 5.62. The van der Waals surface area contributed by atoms with Crippen molar-refractivity contribution < 1.29 is 9.53 Å². The zero-order valence-electron chi connectivity index (χ0n) is 14.7. The predicted octanol–water partition coefficient (Wildman–Crippen LogP) is 3.95. The molecule has 0 spiro atoms. The van der Waals surface area contributed by atoms with Crippen molar-refractivity contribution in [3.63, 3.8) is 0 Å². The van der Waals surface area contributed by atoms with Gasteiger partial charge < -0.3 is 15.0 Å². The van der Waals surface area contributed by atoms with Crippen LogP contribution in [0.2, 0.25) is 0 Å². The number of nitrogens with zero attached hydrogens (tertiary/aromatic N) is 2. The number of nitrogens with one attached hydrogen (secondary N) is 1. The van der Waals surface area contributed by atoms with E-state index in [0.29, 0.717) is 5.56 Å². The second-order valence-electron chi connectivity index (χ2n) is 6.28. The third kappa shape index (κ3) is 3.57. The van der Waals surface area contributed by atoms with Crippen LogP contribution in [0.25, 0.3) is 10.2 Å². The van der Waals surface area contributed by atoms with Crippen molar-refractivity contribution in [1.29, 1.82) is 0 Å². The summed E-state index contributed by atoms with van der Waals surface area (Å²) in [5.41, 5.74) is 3.64. The van der Waals surface area contributed by atoms with Gasteiger partial charge in [-0.2, -0.15) is 0 Å². The first-order valence-electron chi connectivity index (χ1n) is 8.86. The number of amides is 1. The third-order valence-electron chi connectivity index (χ3n) is 4.54. The van der Waals surface area contributed by atoms with Crippen LogP contribution in [0, 0.1) is 0 Å². The number of carbonyl (C=O) groups excluding carboxylic acids is 1. The van der Waals surface area contributed by atoms with Gasteiger partial charge in [-0.25, -0.2) is 4.98 Å². The van der Waals surface area contributed by atoms with Crippen molar-refractivity contribution in [2.45, 2.75) is 13.3 Å². The van der Waals surface area contributed by atoms with Gasteiger partial charge >= 0.3 is 0 Å². The molecular formula is C20H21N3O2S. The zero-order chi connectivity index (χ0) is 17.9. The van der Waals surface area contributed by atoms with Crippen molar-refractivity contribution in [1.82, 2.24) is 4.98 Å². The summed E-state index contributed by atoms with van der Waals surface area (Å²) >= 11 is 1.65. The molecule has 0 atom stereocenters. The lowest BCUT2D eigenvalue weighted by atomic mass is 10.1. The van der Waals surface area contributed by atoms with E-state index < -0.39 is 0 Å². The van der Waals surface area contributed by atoms with Crippen molar-refractivity contribution in [2.75, 3.05) is 36.5 Å². The highest BCUT2D eigenvalue weighted by molar-refractivity contribution is 7.22. The van der Waals surface area contributed by atoms with Crippen LogP contribution in [-0.4, -0.2) is 37.2 Å². The fourth-order valence-electron chi connectivity index (χ4n) is 2.98. The number of morpholine rings is 1. The first-order chi connectivity index (χ1) is 12.7. The van der Waals surface area contributed by atoms with Crippen molar-refractivity contribution in [2.24, 2.45) is 0 Å². The molecule has 0 bridgehead atoms. The van der Waals surface area contributed by atoms with Gasteiger partial charge in [0.2, 0.25) is 0 Å². The van der Waals surface area contributed by atoms with E-state index >= 15 is 0 Å². The highest BCUT2D eigenvalue weighted by Gasteiger charge is 2.16. The Morgan fingerprint density at radius 1 is 1.19 bits per heavy atom. The maximum Gasteiger partial charge on any atom is 0.255 e. The minimum Gasteiger partial charge on any atom is -0.378 e. The van der Waals surface area contributed by atoms with Crippen LogP contribution in [0.3, 0.4) is 0 Å². The number of fused-ring (bicyclic) bond motifs is 1. The van der Waals surface area contributed by atoms with Crippen molar-refractivity contribution in [3.8, 4) is 0 Å². The van der Waals surface area contributed by atoms with E-state index in [2.05, 4.69) is 17.1 Å². The molecule has 0 aliphatic carbocycles. The Kier molecular flexibility index (Phi) is 4.86. The quantitative estimate of drug-likeness (QED) is 0.759. The number of benzene rings is 2. The molecule has 1 N–H and O–H groups in total. The number of hydrogen-bond donors (Lipinski definition) is 1. The van der Waals surface area contributed by atoms with E-state index in [1.54, 1.807) is 11.3 Å². The highest BCUT2D eigenvalue weighted by atomic mass is 32.1. The van der Waals surface area contributed by atoms with E-state index in [1.165, 1.54) is 5.56 Å². The molecule has 3 aromatic rings. The molecule has 1 aliphatic rings. The Hall–Kier alpha value is -2.44. The number of aryl methyl sites for hydroxylation is 1. The Morgan fingerprint density at radius 3 is 2.69 bits per heavy atom. The Morgan fingerprint density at radius 2 is 1.96 bits per heavy atom. The minimum absolute atomic E-state index is 0.0927. The molecule has 6 heteroatoms. The van der Waals surface area contributed by atoms with E-state index in [4.69, 9.17) is 9.72 Å². The van der Waals surface area contributed by atoms with Crippen molar-refractivity contribution >= 4 is 38.3 Å². The highest BCUT2D eigenvalue weighted by Crippen LogP contribution is 2.31. The molecule has 2 aromatic carbocycles. The normalized spacial score (nSPS) is 14.6. The first-order valence-corrected chi connectivity index (χ1v) is 9.68. The molecule has 1 saturated heterocycles. The summed E-state index contributed by atoms with van der Waals surface area (Å²) < 4.78 is 6.48. The Bertz CT molecular complexity index is 914. The van der Waals surface area contributed by atoms with Crippen molar-refractivity contribution in [3.05, 3.63) is 53.6 Å². The van der Waals surface area contributed by atoms with Gasteiger partial charge in [0.25, 0.3) is 5.91 Å². The molecular weight excluding hydrogens is 346 g/mol. The van der Waals surface area contributed by atoms with Gasteiger partial charge in [-0.1, -0.05) is 30.4 Å². The number of carbonyl (C=O) groups is 1. The molecule has 1 amide bonds. The number of ether oxygens (including phenoxy) is 1. The topological polar surface area (TPSA) is 54.5 Å². The van der Waals surface area contributed by atoms with Crippen LogP contribution in [0.15, 0.2) is 42.5 Å². The van der Waals surface area contributed by atoms with Gasteiger partial charge in [-0.15, -0.1) is 0 Å². The lowest BCUT2D eigenvalue weighted by Gasteiger charge is -2.25. The summed E-state index contributed by atoms with van der Waals surface area (Å²) in [6.07, 6.45) is 0.968. The number of thiazole rings is 1. The molecule has 1 fully saturated rings. The second-order valence-corrected chi connectivity index (χ2v) is 7.29. The fraction of sp³-hybridized carbons (Fsp3) is 0.300. The first kappa shape index (κ1) is 17.0. The van der Waals surface area contributed by atoms with Gasteiger partial charge in [0.1, 0.15) is 0 Å². The molecule has 4 rings (SSSR count). The monoisotopic (exact) mass is 367 g/mol. The van der Waals surface area contributed by atoms with Gasteiger partial charge in [0.05, 0.1) is 23.4 Å². The Labute approximate surface area is 156 Å². The molecule has 134 valence electrons. The van der Waals surface area contributed by atoms with E-state index in [9.17, 15) is 4.79 Å². The summed E-state index contributed by atoms with van der Waals surface area (Å²) in [4.78, 5) is 19.4. The van der Waals surface area contributed by atoms with Crippen LogP contribution in [-0.2, 0) is 11.2 Å². The molecule has 0 unspecified atom stereocenters. The molecule has 0 saturated carbocycles. The molecule has 5 nitrogen and oxygen atoms in total. The lowest BCUT2D eigenvalue weighted by molar-refractivity contribution is 0.102. The van der Waals surface area contributed by atoms with Crippen LogP contribution in [0.4, 0.5) is 10.8 Å². The van der Waals surface area contributed by atoms with E-state index in [1.807, 2.05) is 42.5 Å². The second kappa shape index (κ2) is 7.43. The number of anilines is 2. The summed E-state index contributed by atoms with van der Waals surface area (Å²) in [7, 11) is 0. The van der Waals surface area contributed by atoms with Gasteiger partial charge in [-0.05, 0) is 42.3 Å². The van der Waals surface area contributed by atoms with E-state index in [0.717, 1.165) is 53.8 Å². The molecule has 1 aliphatic heterocycles. The molecule has 0 radical (unpaired) electrons. The van der Waals surface area contributed by atoms with Crippen LogP contribution in [0.5, 0.6) is 0 Å². The zero-order valence-corrected chi connectivity index (χ0v) is 15.5. The average molecular weight is 367 g/mol. The summed E-state index contributed by atoms with van der Waals surface area (Å²) in [6, 6.07) is 13.6. The lowest BCUT2D eigenvalue weighted by Crippen LogP contribution is -2.36. The molecule has 26 heavy (non-hydrogen) atoms. The smallest absolute Gasteiger partial charge is 0.255 e. The Balaban J connectivity index is 1.51. The standard InChI is InChI=1S/C20H21N3O2S/c1-2-14-3-5-15(6-4-14)19(24)21-16-7-8-17-18(13-16)26-20(22-17)23-9-11-25-12-10-23/h3-8,13H,2,9-12H2,1H3,(H,21,24). The molecule has 2 heterocycles. The maximum absolute atomic E-state index is 12.5. The van der Waals surface area contributed by atoms with E-state index in [-0.39, 0.29) is 5.91 Å². The number of rotatable bonds is 4. The predicted molar refractivity (Wildman–Crippen MR) is 106 cm³/mol. The molecule has 1 aromatic heterocycles. The van der Waals surface area contributed by atoms with Crippen LogP contribution in [0.1, 0.15) is 22.8 Å². The van der Waals surface area contributed by atoms with Crippen LogP contribution >= 0.6 is 11.3 Å². The van der Waals surface area contributed by atoms with Crippen LogP contribution < -0.4 is 10.2 Å².